The highest BCUT2D eigenvalue weighted by molar-refractivity contribution is 6.21. The maximum absolute atomic E-state index is 12.9. The van der Waals surface area contributed by atoms with Gasteiger partial charge in [0.1, 0.15) is 0 Å². The van der Waals surface area contributed by atoms with Crippen LogP contribution in [0.5, 0.6) is 11.5 Å². The number of ether oxygens (including phenoxy) is 2. The number of hydrogen-bond acceptors (Lipinski definition) is 5. The molecule has 0 atom stereocenters. The molecule has 2 heterocycles. The molecule has 4 rings (SSSR count). The topological polar surface area (TPSA) is 76.2 Å². The van der Waals surface area contributed by atoms with Gasteiger partial charge in [0.25, 0.3) is 11.8 Å². The normalized spacial score (nSPS) is 15.0. The van der Waals surface area contributed by atoms with Crippen molar-refractivity contribution in [3.05, 3.63) is 58.7 Å². The molecule has 7 nitrogen and oxygen atoms in total. The molecule has 162 valence electrons. The largest absolute Gasteiger partial charge is 0.490 e. The van der Waals surface area contributed by atoms with Gasteiger partial charge in [0, 0.05) is 26.1 Å². The summed E-state index contributed by atoms with van der Waals surface area (Å²) in [5.41, 5.74) is 2.99. The Kier molecular flexibility index (Phi) is 5.93. The van der Waals surface area contributed by atoms with Crippen LogP contribution in [-0.4, -0.2) is 53.8 Å². The molecule has 31 heavy (non-hydrogen) atoms. The summed E-state index contributed by atoms with van der Waals surface area (Å²) in [6.07, 6.45) is 0.830. The first-order chi connectivity index (χ1) is 15.0. The van der Waals surface area contributed by atoms with Crippen LogP contribution in [0.1, 0.15) is 52.1 Å². The minimum Gasteiger partial charge on any atom is -0.490 e. The summed E-state index contributed by atoms with van der Waals surface area (Å²) >= 11 is 0. The number of amides is 3. The minimum atomic E-state index is -0.331. The number of nitrogens with zero attached hydrogens (tertiary/aromatic N) is 2. The standard InChI is InChI=1S/C24H26N2O5/c1-3-30-20-13-16-9-11-25(15-17(16)14-21(20)31-4-2)22(27)10-12-26-23(28)18-7-5-6-8-19(18)24(26)29/h5-8,13-14H,3-4,9-12,15H2,1-2H3. The van der Waals surface area contributed by atoms with E-state index in [2.05, 4.69) is 0 Å². The molecule has 0 spiro atoms. The van der Waals surface area contributed by atoms with Gasteiger partial charge in [-0.3, -0.25) is 19.3 Å². The second-order valence-corrected chi connectivity index (χ2v) is 7.56. The summed E-state index contributed by atoms with van der Waals surface area (Å²) < 4.78 is 11.4. The Morgan fingerprint density at radius 1 is 0.935 bits per heavy atom. The van der Waals surface area contributed by atoms with Crippen molar-refractivity contribution in [1.82, 2.24) is 9.80 Å². The van der Waals surface area contributed by atoms with Crippen LogP contribution in [0.15, 0.2) is 36.4 Å². The molecule has 2 aromatic rings. The molecule has 0 saturated heterocycles. The van der Waals surface area contributed by atoms with Crippen molar-refractivity contribution in [3.63, 3.8) is 0 Å². The van der Waals surface area contributed by atoms with Crippen LogP contribution in [0, 0.1) is 0 Å². The molecule has 2 aliphatic rings. The lowest BCUT2D eigenvalue weighted by molar-refractivity contribution is -0.132. The Bertz CT molecular complexity index is 998. The number of rotatable bonds is 7. The molecule has 0 aromatic heterocycles. The molecule has 0 radical (unpaired) electrons. The predicted octanol–water partition coefficient (Wildman–Crippen LogP) is 3.06. The summed E-state index contributed by atoms with van der Waals surface area (Å²) in [6, 6.07) is 10.7. The van der Waals surface area contributed by atoms with Crippen molar-refractivity contribution < 1.29 is 23.9 Å². The Balaban J connectivity index is 1.42. The molecular weight excluding hydrogens is 396 g/mol. The molecule has 7 heteroatoms. The fourth-order valence-electron chi connectivity index (χ4n) is 4.12. The van der Waals surface area contributed by atoms with Crippen molar-refractivity contribution >= 4 is 17.7 Å². The molecule has 2 aromatic carbocycles. The van der Waals surface area contributed by atoms with Gasteiger partial charge in [-0.1, -0.05) is 12.1 Å². The van der Waals surface area contributed by atoms with E-state index in [0.29, 0.717) is 43.2 Å². The first-order valence-electron chi connectivity index (χ1n) is 10.7. The molecule has 0 saturated carbocycles. The molecule has 0 fully saturated rings. The van der Waals surface area contributed by atoms with Gasteiger partial charge in [0.15, 0.2) is 11.5 Å². The smallest absolute Gasteiger partial charge is 0.261 e. The average Bonchev–Trinajstić information content (AvgIpc) is 3.02. The van der Waals surface area contributed by atoms with E-state index in [1.807, 2.05) is 26.0 Å². The summed E-state index contributed by atoms with van der Waals surface area (Å²) in [4.78, 5) is 40.8. The number of carbonyl (C=O) groups excluding carboxylic acids is 3. The Labute approximate surface area is 181 Å². The summed E-state index contributed by atoms with van der Waals surface area (Å²) in [7, 11) is 0. The fourth-order valence-corrected chi connectivity index (χ4v) is 4.12. The van der Waals surface area contributed by atoms with Crippen molar-refractivity contribution in [3.8, 4) is 11.5 Å². The first kappa shape index (κ1) is 20.9. The summed E-state index contributed by atoms with van der Waals surface area (Å²) in [6.45, 7) is 6.09. The number of benzene rings is 2. The zero-order valence-corrected chi connectivity index (χ0v) is 17.8. The van der Waals surface area contributed by atoms with Crippen molar-refractivity contribution in [2.75, 3.05) is 26.3 Å². The third-order valence-electron chi connectivity index (χ3n) is 5.66. The zero-order chi connectivity index (χ0) is 22.0. The summed E-state index contributed by atoms with van der Waals surface area (Å²) in [5.74, 6) is 0.676. The first-order valence-corrected chi connectivity index (χ1v) is 10.7. The Hall–Kier alpha value is -3.35. The van der Waals surface area contributed by atoms with Gasteiger partial charge >= 0.3 is 0 Å². The second kappa shape index (κ2) is 8.79. The predicted molar refractivity (Wildman–Crippen MR) is 114 cm³/mol. The van der Waals surface area contributed by atoms with E-state index in [0.717, 1.165) is 23.3 Å². The van der Waals surface area contributed by atoms with Gasteiger partial charge in [0.05, 0.1) is 24.3 Å². The van der Waals surface area contributed by atoms with Gasteiger partial charge < -0.3 is 14.4 Å². The van der Waals surface area contributed by atoms with Gasteiger partial charge in [-0.2, -0.15) is 0 Å². The van der Waals surface area contributed by atoms with Gasteiger partial charge in [-0.05, 0) is 55.7 Å². The molecule has 3 amide bonds. The lowest BCUT2D eigenvalue weighted by Crippen LogP contribution is -2.39. The zero-order valence-electron chi connectivity index (χ0n) is 17.8. The van der Waals surface area contributed by atoms with E-state index in [1.165, 1.54) is 4.90 Å². The van der Waals surface area contributed by atoms with E-state index < -0.39 is 0 Å². The maximum atomic E-state index is 12.9. The monoisotopic (exact) mass is 422 g/mol. The quantitative estimate of drug-likeness (QED) is 0.641. The highest BCUT2D eigenvalue weighted by Crippen LogP contribution is 2.34. The molecular formula is C24H26N2O5. The Morgan fingerprint density at radius 2 is 1.52 bits per heavy atom. The van der Waals surface area contributed by atoms with Crippen molar-refractivity contribution in [2.45, 2.75) is 33.2 Å². The van der Waals surface area contributed by atoms with Gasteiger partial charge in [0.2, 0.25) is 5.91 Å². The Morgan fingerprint density at radius 3 is 2.10 bits per heavy atom. The van der Waals surface area contributed by atoms with E-state index in [4.69, 9.17) is 9.47 Å². The second-order valence-electron chi connectivity index (χ2n) is 7.56. The molecule has 0 unspecified atom stereocenters. The minimum absolute atomic E-state index is 0.0750. The van der Waals surface area contributed by atoms with Crippen LogP contribution in [0.25, 0.3) is 0 Å². The molecule has 0 bridgehead atoms. The summed E-state index contributed by atoms with van der Waals surface area (Å²) in [5, 5.41) is 0. The van der Waals surface area contributed by atoms with E-state index >= 15 is 0 Å². The van der Waals surface area contributed by atoms with Crippen LogP contribution in [0.2, 0.25) is 0 Å². The van der Waals surface area contributed by atoms with E-state index in [-0.39, 0.29) is 30.7 Å². The number of fused-ring (bicyclic) bond motifs is 2. The third kappa shape index (κ3) is 4.00. The van der Waals surface area contributed by atoms with E-state index in [9.17, 15) is 14.4 Å². The van der Waals surface area contributed by atoms with Crippen molar-refractivity contribution in [2.24, 2.45) is 0 Å². The van der Waals surface area contributed by atoms with Crippen LogP contribution >= 0.6 is 0 Å². The molecule has 2 aliphatic heterocycles. The highest BCUT2D eigenvalue weighted by atomic mass is 16.5. The lowest BCUT2D eigenvalue weighted by atomic mass is 9.98. The number of hydrogen-bond donors (Lipinski definition) is 0. The molecule has 0 aliphatic carbocycles. The van der Waals surface area contributed by atoms with E-state index in [1.54, 1.807) is 29.2 Å². The van der Waals surface area contributed by atoms with Gasteiger partial charge in [-0.25, -0.2) is 0 Å². The van der Waals surface area contributed by atoms with Crippen molar-refractivity contribution in [1.29, 1.82) is 0 Å². The van der Waals surface area contributed by atoms with Crippen LogP contribution in [0.4, 0.5) is 0 Å². The lowest BCUT2D eigenvalue weighted by Gasteiger charge is -2.30. The van der Waals surface area contributed by atoms with Crippen LogP contribution < -0.4 is 9.47 Å². The highest BCUT2D eigenvalue weighted by Gasteiger charge is 2.35. The van der Waals surface area contributed by atoms with Crippen LogP contribution in [0.3, 0.4) is 0 Å². The maximum Gasteiger partial charge on any atom is 0.261 e. The fraction of sp³-hybridized carbons (Fsp3) is 0.375. The number of carbonyl (C=O) groups is 3. The average molecular weight is 422 g/mol. The van der Waals surface area contributed by atoms with Gasteiger partial charge in [-0.15, -0.1) is 0 Å². The SMILES string of the molecule is CCOc1cc2c(cc1OCC)CN(C(=O)CCN1C(=O)c3ccccc3C1=O)CC2. The third-order valence-corrected chi connectivity index (χ3v) is 5.66. The van der Waals surface area contributed by atoms with Crippen LogP contribution in [-0.2, 0) is 17.8 Å². The number of imide groups is 1. The molecule has 0 N–H and O–H groups in total.